The molecule has 1 amide bonds. The van der Waals surface area contributed by atoms with Crippen LogP contribution in [0.3, 0.4) is 0 Å². The van der Waals surface area contributed by atoms with Crippen molar-refractivity contribution in [2.24, 2.45) is 0 Å². The molecule has 0 aliphatic rings. The lowest BCUT2D eigenvalue weighted by Gasteiger charge is -2.06. The van der Waals surface area contributed by atoms with Gasteiger partial charge in [-0.25, -0.2) is 0 Å². The molecule has 0 radical (unpaired) electrons. The molecule has 0 saturated heterocycles. The van der Waals surface area contributed by atoms with Crippen molar-refractivity contribution >= 4 is 11.6 Å². The molecule has 0 aliphatic carbocycles. The van der Waals surface area contributed by atoms with Gasteiger partial charge in [-0.15, -0.1) is 0 Å². The molecule has 128 valence electrons. The minimum absolute atomic E-state index is 0.0125. The van der Waals surface area contributed by atoms with E-state index in [1.165, 1.54) is 6.20 Å². The smallest absolute Gasteiger partial charge is 0.267 e. The van der Waals surface area contributed by atoms with Crippen LogP contribution in [0.5, 0.6) is 11.5 Å². The van der Waals surface area contributed by atoms with Crippen molar-refractivity contribution in [3.8, 4) is 17.6 Å². The number of carbonyl (C=O) groups excluding carboxylic acids is 1. The van der Waals surface area contributed by atoms with E-state index in [1.54, 1.807) is 43.5 Å². The van der Waals surface area contributed by atoms with Crippen LogP contribution in [0.25, 0.3) is 0 Å². The van der Waals surface area contributed by atoms with E-state index in [0.717, 1.165) is 5.56 Å². The quantitative estimate of drug-likeness (QED) is 0.410. The Kier molecular flexibility index (Phi) is 6.43. The highest BCUT2D eigenvalue weighted by atomic mass is 16.5. The highest BCUT2D eigenvalue weighted by Crippen LogP contribution is 2.15. The standard InChI is InChI=1S/C19H19N3O3/c1-25-18-8-4-16(5-9-18)22-19(24)15(12-20)13-21-11-10-14-2-6-17(23)7-3-14/h2-9,13,21,23H,10-11H2,1H3,(H,22,24)/b15-13-. The van der Waals surface area contributed by atoms with Gasteiger partial charge in [0.25, 0.3) is 5.91 Å². The number of methoxy groups -OCH3 is 1. The number of rotatable bonds is 7. The van der Waals surface area contributed by atoms with Crippen LogP contribution in [0.15, 0.2) is 60.3 Å². The third kappa shape index (κ3) is 5.59. The fourth-order valence-corrected chi connectivity index (χ4v) is 2.07. The molecule has 0 saturated carbocycles. The molecule has 0 fully saturated rings. The van der Waals surface area contributed by atoms with Gasteiger partial charge in [0, 0.05) is 18.4 Å². The minimum atomic E-state index is -0.482. The Morgan fingerprint density at radius 2 is 1.88 bits per heavy atom. The zero-order chi connectivity index (χ0) is 18.1. The molecular weight excluding hydrogens is 318 g/mol. The predicted octanol–water partition coefficient (Wildman–Crippen LogP) is 2.58. The molecular formula is C19H19N3O3. The van der Waals surface area contributed by atoms with Crippen molar-refractivity contribution in [2.75, 3.05) is 19.0 Å². The number of ether oxygens (including phenoxy) is 1. The molecule has 2 aromatic carbocycles. The lowest BCUT2D eigenvalue weighted by molar-refractivity contribution is -0.112. The molecule has 2 rings (SSSR count). The van der Waals surface area contributed by atoms with Gasteiger partial charge in [-0.3, -0.25) is 4.79 Å². The summed E-state index contributed by atoms with van der Waals surface area (Å²) in [6, 6.07) is 15.6. The number of hydrogen-bond donors (Lipinski definition) is 3. The van der Waals surface area contributed by atoms with Crippen LogP contribution in [0.4, 0.5) is 5.69 Å². The van der Waals surface area contributed by atoms with Crippen LogP contribution < -0.4 is 15.4 Å². The average molecular weight is 337 g/mol. The van der Waals surface area contributed by atoms with Gasteiger partial charge in [0.1, 0.15) is 23.1 Å². The average Bonchev–Trinajstić information content (AvgIpc) is 2.64. The lowest BCUT2D eigenvalue weighted by atomic mass is 10.1. The van der Waals surface area contributed by atoms with E-state index in [0.29, 0.717) is 24.4 Å². The van der Waals surface area contributed by atoms with Crippen molar-refractivity contribution in [1.29, 1.82) is 5.26 Å². The maximum atomic E-state index is 12.1. The van der Waals surface area contributed by atoms with Crippen molar-refractivity contribution in [1.82, 2.24) is 5.32 Å². The van der Waals surface area contributed by atoms with Crippen molar-refractivity contribution in [2.45, 2.75) is 6.42 Å². The third-order valence-corrected chi connectivity index (χ3v) is 3.45. The Bertz CT molecular complexity index is 775. The van der Waals surface area contributed by atoms with E-state index in [9.17, 15) is 9.90 Å². The van der Waals surface area contributed by atoms with Crippen molar-refractivity contribution < 1.29 is 14.6 Å². The van der Waals surface area contributed by atoms with Gasteiger partial charge >= 0.3 is 0 Å². The second-order valence-corrected chi connectivity index (χ2v) is 5.22. The zero-order valence-electron chi connectivity index (χ0n) is 13.8. The fourth-order valence-electron chi connectivity index (χ4n) is 2.07. The van der Waals surface area contributed by atoms with E-state index in [-0.39, 0.29) is 11.3 Å². The molecule has 0 heterocycles. The predicted molar refractivity (Wildman–Crippen MR) is 95.1 cm³/mol. The zero-order valence-corrected chi connectivity index (χ0v) is 13.8. The lowest BCUT2D eigenvalue weighted by Crippen LogP contribution is -2.18. The number of nitriles is 1. The van der Waals surface area contributed by atoms with Crippen LogP contribution >= 0.6 is 0 Å². The van der Waals surface area contributed by atoms with E-state index in [1.807, 2.05) is 18.2 Å². The van der Waals surface area contributed by atoms with Crippen LogP contribution in [0, 0.1) is 11.3 Å². The number of nitrogens with one attached hydrogen (secondary N) is 2. The van der Waals surface area contributed by atoms with Crippen LogP contribution in [0.1, 0.15) is 5.56 Å². The molecule has 6 nitrogen and oxygen atoms in total. The summed E-state index contributed by atoms with van der Waals surface area (Å²) in [4.78, 5) is 12.1. The van der Waals surface area contributed by atoms with Crippen LogP contribution in [-0.2, 0) is 11.2 Å². The first-order valence-electron chi connectivity index (χ1n) is 7.69. The first-order valence-corrected chi connectivity index (χ1v) is 7.69. The Morgan fingerprint density at radius 1 is 1.20 bits per heavy atom. The number of aromatic hydroxyl groups is 1. The van der Waals surface area contributed by atoms with Gasteiger partial charge in [-0.2, -0.15) is 5.26 Å². The van der Waals surface area contributed by atoms with Crippen molar-refractivity contribution in [3.05, 3.63) is 65.9 Å². The Labute approximate surface area is 146 Å². The molecule has 6 heteroatoms. The molecule has 25 heavy (non-hydrogen) atoms. The summed E-state index contributed by atoms with van der Waals surface area (Å²) in [5.41, 5.74) is 1.61. The largest absolute Gasteiger partial charge is 0.508 e. The summed E-state index contributed by atoms with van der Waals surface area (Å²) in [7, 11) is 1.56. The molecule has 0 bridgehead atoms. The molecule has 3 N–H and O–H groups in total. The number of phenols is 1. The van der Waals surface area contributed by atoms with Crippen LogP contribution in [-0.4, -0.2) is 24.7 Å². The van der Waals surface area contributed by atoms with E-state index >= 15 is 0 Å². The van der Waals surface area contributed by atoms with E-state index < -0.39 is 5.91 Å². The highest BCUT2D eigenvalue weighted by molar-refractivity contribution is 6.06. The van der Waals surface area contributed by atoms with E-state index in [4.69, 9.17) is 10.00 Å². The molecule has 0 spiro atoms. The molecule has 0 aromatic heterocycles. The number of anilines is 1. The number of phenolic OH excluding ortho intramolecular Hbond substituents is 1. The Hall–Kier alpha value is -3.46. The number of amides is 1. The summed E-state index contributed by atoms with van der Waals surface area (Å²) in [5, 5.41) is 24.0. The SMILES string of the molecule is COc1ccc(NC(=O)/C(C#N)=C\NCCc2ccc(O)cc2)cc1. The Morgan fingerprint density at radius 3 is 2.48 bits per heavy atom. The monoisotopic (exact) mass is 337 g/mol. The van der Waals surface area contributed by atoms with Crippen LogP contribution in [0.2, 0.25) is 0 Å². The Balaban J connectivity index is 1.86. The number of carbonyl (C=O) groups is 1. The topological polar surface area (TPSA) is 94.4 Å². The van der Waals surface area contributed by atoms with Gasteiger partial charge in [-0.05, 0) is 48.4 Å². The third-order valence-electron chi connectivity index (χ3n) is 3.45. The maximum Gasteiger partial charge on any atom is 0.267 e. The second-order valence-electron chi connectivity index (χ2n) is 5.22. The second kappa shape index (κ2) is 8.99. The molecule has 0 aliphatic heterocycles. The molecule has 0 atom stereocenters. The first-order chi connectivity index (χ1) is 12.1. The fraction of sp³-hybridized carbons (Fsp3) is 0.158. The molecule has 0 unspecified atom stereocenters. The van der Waals surface area contributed by atoms with Gasteiger partial charge < -0.3 is 20.5 Å². The normalized spacial score (nSPS) is 10.6. The van der Waals surface area contributed by atoms with Gasteiger partial charge in [-0.1, -0.05) is 12.1 Å². The number of hydrogen-bond acceptors (Lipinski definition) is 5. The highest BCUT2D eigenvalue weighted by Gasteiger charge is 2.09. The summed E-state index contributed by atoms with van der Waals surface area (Å²) >= 11 is 0. The van der Waals surface area contributed by atoms with Gasteiger partial charge in [0.2, 0.25) is 0 Å². The summed E-state index contributed by atoms with van der Waals surface area (Å²) in [6.07, 6.45) is 2.11. The summed E-state index contributed by atoms with van der Waals surface area (Å²) in [6.45, 7) is 0.561. The molecule has 2 aromatic rings. The number of benzene rings is 2. The summed E-state index contributed by atoms with van der Waals surface area (Å²) in [5.74, 6) is 0.424. The minimum Gasteiger partial charge on any atom is -0.508 e. The maximum absolute atomic E-state index is 12.1. The van der Waals surface area contributed by atoms with Gasteiger partial charge in [0.05, 0.1) is 7.11 Å². The summed E-state index contributed by atoms with van der Waals surface area (Å²) < 4.78 is 5.05. The first kappa shape index (κ1) is 17.9. The van der Waals surface area contributed by atoms with E-state index in [2.05, 4.69) is 10.6 Å². The number of nitrogens with zero attached hydrogens (tertiary/aromatic N) is 1. The van der Waals surface area contributed by atoms with Crippen molar-refractivity contribution in [3.63, 3.8) is 0 Å². The van der Waals surface area contributed by atoms with Gasteiger partial charge in [0.15, 0.2) is 0 Å².